The smallest absolute Gasteiger partial charge is 0.181 e. The summed E-state index contributed by atoms with van der Waals surface area (Å²) < 4.78 is 31.4. The summed E-state index contributed by atoms with van der Waals surface area (Å²) in [6.45, 7) is 12.6. The van der Waals surface area contributed by atoms with Gasteiger partial charge < -0.3 is 54.2 Å². The highest BCUT2D eigenvalue weighted by molar-refractivity contribution is 7.92. The third-order valence-corrected chi connectivity index (χ3v) is 5.30. The Morgan fingerprint density at radius 3 is 1.47 bits per heavy atom. The Labute approximate surface area is 330 Å². The number of pyridine rings is 4. The SMILES string of the molecule is C=CC(C)C=C.O=c1cc[nH]cc1.OCCOCCO.OCCOCCOc1cccnc1.OCCOCCOc1ccncc1.Oc1cccnc1.[3H]PP. The minimum Gasteiger partial charge on any atom is -0.506 e. The first-order valence-corrected chi connectivity index (χ1v) is 19.2. The molecule has 4 rings (SSSR count). The normalized spacial score (nSPS) is 9.55. The van der Waals surface area contributed by atoms with Gasteiger partial charge in [-0.05, 0) is 42.3 Å². The van der Waals surface area contributed by atoms with E-state index in [9.17, 15) is 4.79 Å². The number of rotatable bonds is 18. The molecule has 0 radical (unpaired) electrons. The molecule has 0 saturated carbocycles. The Kier molecular flexibility index (Phi) is 46.1. The maximum atomic E-state index is 10.2. The molecule has 6 N–H and O–H groups in total. The number of nitrogens with zero attached hydrogens (tertiary/aromatic N) is 3. The van der Waals surface area contributed by atoms with E-state index >= 15 is 0 Å². The Morgan fingerprint density at radius 2 is 1.15 bits per heavy atom. The van der Waals surface area contributed by atoms with Crippen LogP contribution < -0.4 is 14.9 Å². The van der Waals surface area contributed by atoms with Gasteiger partial charge in [-0.15, -0.1) is 31.0 Å². The number of aliphatic hydroxyl groups excluding tert-OH is 4. The van der Waals surface area contributed by atoms with Crippen LogP contribution in [0, 0.1) is 5.92 Å². The summed E-state index contributed by atoms with van der Waals surface area (Å²) in [5, 5.41) is 41.6. The van der Waals surface area contributed by atoms with Crippen molar-refractivity contribution in [2.24, 2.45) is 5.92 Å². The molecule has 0 fully saturated rings. The van der Waals surface area contributed by atoms with E-state index in [0.717, 1.165) is 11.5 Å². The van der Waals surface area contributed by atoms with Crippen molar-refractivity contribution in [3.8, 4) is 17.2 Å². The van der Waals surface area contributed by atoms with Crippen LogP contribution in [-0.2, 0) is 14.2 Å². The molecule has 17 heteroatoms. The Hall–Kier alpha value is -4.14. The Morgan fingerprint density at radius 1 is 0.691 bits per heavy atom. The molecule has 0 aromatic carbocycles. The van der Waals surface area contributed by atoms with Gasteiger partial charge in [0.25, 0.3) is 0 Å². The van der Waals surface area contributed by atoms with E-state index in [0.29, 0.717) is 58.8 Å². The first-order valence-electron chi connectivity index (χ1n) is 17.4. The van der Waals surface area contributed by atoms with E-state index in [-0.39, 0.29) is 46.5 Å². The fraction of sp³-hybridized carbons (Fsp3) is 0.368. The van der Waals surface area contributed by atoms with Crippen molar-refractivity contribution in [1.82, 2.24) is 19.9 Å². The number of aliphatic hydroxyl groups is 4. The van der Waals surface area contributed by atoms with Crippen molar-refractivity contribution in [3.05, 3.63) is 134 Å². The molecular formula is C38H60N4O11P2. The van der Waals surface area contributed by atoms with Crippen LogP contribution in [0.2, 0.25) is 0 Å². The summed E-state index contributed by atoms with van der Waals surface area (Å²) in [7, 11) is 2.52. The minimum atomic E-state index is 0.0278. The highest BCUT2D eigenvalue weighted by Crippen LogP contribution is 2.06. The van der Waals surface area contributed by atoms with Crippen LogP contribution in [0.1, 0.15) is 6.92 Å². The average molecular weight is 813 g/mol. The van der Waals surface area contributed by atoms with Crippen molar-refractivity contribution in [2.45, 2.75) is 6.92 Å². The quantitative estimate of drug-likeness (QED) is 0.0480. The van der Waals surface area contributed by atoms with Gasteiger partial charge in [-0.2, -0.15) is 0 Å². The van der Waals surface area contributed by atoms with Gasteiger partial charge in [-0.1, -0.05) is 19.1 Å². The molecular weight excluding hydrogens is 750 g/mol. The number of aromatic amines is 1. The molecule has 0 saturated heterocycles. The first kappa shape index (κ1) is 53.0. The minimum absolute atomic E-state index is 0.0278. The highest BCUT2D eigenvalue weighted by atomic mass is 32.0. The van der Waals surface area contributed by atoms with E-state index in [1.165, 1.54) is 18.3 Å². The van der Waals surface area contributed by atoms with Crippen LogP contribution in [0.25, 0.3) is 0 Å². The zero-order chi connectivity index (χ0) is 42.2. The molecule has 15 nitrogen and oxygen atoms in total. The summed E-state index contributed by atoms with van der Waals surface area (Å²) >= 11 is 0. The van der Waals surface area contributed by atoms with E-state index in [2.05, 4.69) is 46.8 Å². The summed E-state index contributed by atoms with van der Waals surface area (Å²) in [5.74, 6) is 2.19. The molecule has 2 unspecified atom stereocenters. The largest absolute Gasteiger partial charge is 0.506 e. The van der Waals surface area contributed by atoms with Crippen molar-refractivity contribution >= 4 is 17.8 Å². The molecule has 308 valence electrons. The van der Waals surface area contributed by atoms with Crippen LogP contribution in [0.5, 0.6) is 17.2 Å². The molecule has 0 spiro atoms. The Balaban J connectivity index is -0.000000610. The number of hydrogen-bond acceptors (Lipinski definition) is 14. The second-order valence-corrected chi connectivity index (χ2v) is 9.58. The lowest BCUT2D eigenvalue weighted by Gasteiger charge is -2.05. The van der Waals surface area contributed by atoms with E-state index < -0.39 is 0 Å². The molecule has 0 aliphatic carbocycles. The number of hydrogen-bond donors (Lipinski definition) is 6. The predicted molar refractivity (Wildman–Crippen MR) is 222 cm³/mol. The Bertz CT molecular complexity index is 1310. The number of nitrogens with one attached hydrogen (secondary N) is 1. The molecule has 2 atom stereocenters. The van der Waals surface area contributed by atoms with Crippen molar-refractivity contribution < 1.29 is 49.2 Å². The number of allylic oxidation sites excluding steroid dienone is 2. The van der Waals surface area contributed by atoms with Crippen LogP contribution in [0.4, 0.5) is 0 Å². The van der Waals surface area contributed by atoms with E-state index in [4.69, 9.17) is 45.8 Å². The maximum absolute atomic E-state index is 10.2. The molecule has 0 aliphatic heterocycles. The van der Waals surface area contributed by atoms with Crippen LogP contribution in [0.3, 0.4) is 0 Å². The number of H-pyrrole nitrogens is 1. The fourth-order valence-electron chi connectivity index (χ4n) is 2.69. The fourth-order valence-corrected chi connectivity index (χ4v) is 2.69. The van der Waals surface area contributed by atoms with Gasteiger partial charge in [0, 0.05) is 49.3 Å². The van der Waals surface area contributed by atoms with Crippen molar-refractivity contribution in [1.29, 1.82) is 1.28 Å². The van der Waals surface area contributed by atoms with Gasteiger partial charge in [0.2, 0.25) is 0 Å². The van der Waals surface area contributed by atoms with E-state index in [1.54, 1.807) is 67.6 Å². The molecule has 55 heavy (non-hydrogen) atoms. The maximum Gasteiger partial charge on any atom is 0.181 e. The lowest BCUT2D eigenvalue weighted by molar-refractivity contribution is 0.0650. The van der Waals surface area contributed by atoms with Gasteiger partial charge in [0.05, 0.1) is 79.7 Å². The second-order valence-electron chi connectivity index (χ2n) is 9.58. The van der Waals surface area contributed by atoms with Gasteiger partial charge >= 0.3 is 0 Å². The second kappa shape index (κ2) is 47.9. The molecule has 4 heterocycles. The lowest BCUT2D eigenvalue weighted by Crippen LogP contribution is -2.09. The zero-order valence-electron chi connectivity index (χ0n) is 32.5. The van der Waals surface area contributed by atoms with Gasteiger partial charge in [-0.25, -0.2) is 0 Å². The molecule has 0 aliphatic rings. The number of aromatic nitrogens is 4. The number of aromatic hydroxyl groups is 1. The first-order chi connectivity index (χ1) is 27.3. The van der Waals surface area contributed by atoms with Crippen LogP contribution in [0.15, 0.2) is 128 Å². The number of ether oxygens (including phenoxy) is 5. The molecule has 4 aromatic heterocycles. The van der Waals surface area contributed by atoms with Gasteiger partial charge in [-0.3, -0.25) is 19.7 Å². The third-order valence-electron chi connectivity index (χ3n) is 5.30. The zero-order valence-corrected chi connectivity index (χ0v) is 33.6. The molecule has 4 aromatic rings. The van der Waals surface area contributed by atoms with Gasteiger partial charge in [0.15, 0.2) is 5.43 Å². The predicted octanol–water partition coefficient (Wildman–Crippen LogP) is 3.73. The monoisotopic (exact) mass is 812 g/mol. The van der Waals surface area contributed by atoms with Crippen LogP contribution >= 0.6 is 17.8 Å². The van der Waals surface area contributed by atoms with Crippen molar-refractivity contribution in [2.75, 3.05) is 79.3 Å². The van der Waals surface area contributed by atoms with Crippen molar-refractivity contribution in [3.63, 3.8) is 0 Å². The average Bonchev–Trinajstić information content (AvgIpc) is 3.23. The lowest BCUT2D eigenvalue weighted by atomic mass is 10.2. The van der Waals surface area contributed by atoms with E-state index in [1.807, 2.05) is 31.2 Å². The molecule has 0 amide bonds. The standard InChI is InChI=1S/2C9H13NO3.C6H10.2C5H5NO.C4H10O3.H4P2/c11-5-6-12-7-8-13-9-1-3-10-4-2-9;11-4-5-12-6-7-13-9-2-1-3-10-8-9;1-4-6(3)5-2;7-5-1-3-6-4-2-5;7-5-2-1-3-6-4-5;5-1-3-7-4-2-6;1-2/h1-4,11H,5-8H2;1-3,8,11H,4-7H2;4-6H,1-2H2,3H3;1-4H,(H,6,7);1-4,7H;5-6H,1-4H2;1-2H2/i;;;;;;1T. The highest BCUT2D eigenvalue weighted by Gasteiger charge is 1.92. The van der Waals surface area contributed by atoms with Crippen LogP contribution in [-0.4, -0.2) is 126 Å². The topological polar surface area (TPSA) is 219 Å². The van der Waals surface area contributed by atoms with Gasteiger partial charge in [0.1, 0.15) is 30.5 Å². The summed E-state index contributed by atoms with van der Waals surface area (Å²) in [6.07, 6.45) is 16.6. The third kappa shape index (κ3) is 45.9. The molecule has 0 bridgehead atoms. The summed E-state index contributed by atoms with van der Waals surface area (Å²) in [4.78, 5) is 24.4. The summed E-state index contributed by atoms with van der Waals surface area (Å²) in [6, 6.07) is 13.4. The summed E-state index contributed by atoms with van der Waals surface area (Å²) in [5.41, 5.74) is 0.0405.